The third-order valence-electron chi connectivity index (χ3n) is 3.25. The molecule has 3 rings (SSSR count). The molecule has 0 spiro atoms. The molecule has 0 aliphatic heterocycles. The van der Waals surface area contributed by atoms with E-state index in [1.807, 2.05) is 24.6 Å². The number of benzene rings is 1. The highest BCUT2D eigenvalue weighted by atomic mass is 32.1. The molecular weight excluding hydrogens is 301 g/mol. The zero-order valence-corrected chi connectivity index (χ0v) is 12.7. The van der Waals surface area contributed by atoms with E-state index in [9.17, 15) is 9.18 Å². The van der Waals surface area contributed by atoms with Crippen molar-refractivity contribution in [1.29, 1.82) is 0 Å². The van der Waals surface area contributed by atoms with Gasteiger partial charge in [0.25, 0.3) is 5.91 Å². The Hall–Kier alpha value is -2.47. The largest absolute Gasteiger partial charge is 0.347 e. The summed E-state index contributed by atoms with van der Waals surface area (Å²) in [5, 5.41) is 9.01. The van der Waals surface area contributed by atoms with Crippen molar-refractivity contribution in [3.05, 3.63) is 64.9 Å². The molecule has 6 heteroatoms. The fraction of sp³-hybridized carbons (Fsp3) is 0.125. The van der Waals surface area contributed by atoms with Gasteiger partial charge < -0.3 is 5.32 Å². The highest BCUT2D eigenvalue weighted by Gasteiger charge is 2.14. The normalized spacial score (nSPS) is 10.6. The van der Waals surface area contributed by atoms with Gasteiger partial charge in [-0.3, -0.25) is 9.48 Å². The van der Waals surface area contributed by atoms with Gasteiger partial charge in [0.2, 0.25) is 0 Å². The van der Waals surface area contributed by atoms with Crippen molar-refractivity contribution < 1.29 is 9.18 Å². The number of nitrogens with one attached hydrogen (secondary N) is 1. The Morgan fingerprint density at radius 1 is 1.32 bits per heavy atom. The molecular formula is C16H14FN3OS. The van der Waals surface area contributed by atoms with Gasteiger partial charge in [-0.2, -0.15) is 5.10 Å². The lowest BCUT2D eigenvalue weighted by Gasteiger charge is -2.03. The smallest absolute Gasteiger partial charge is 0.272 e. The molecule has 0 radical (unpaired) electrons. The fourth-order valence-electron chi connectivity index (χ4n) is 2.11. The molecule has 2 aromatic heterocycles. The van der Waals surface area contributed by atoms with Crippen LogP contribution in [0.2, 0.25) is 0 Å². The number of rotatable bonds is 4. The first-order chi connectivity index (χ1) is 10.6. The lowest BCUT2D eigenvalue weighted by atomic mass is 10.2. The van der Waals surface area contributed by atoms with Crippen LogP contribution in [0.4, 0.5) is 4.39 Å². The fourth-order valence-corrected chi connectivity index (χ4v) is 2.88. The van der Waals surface area contributed by atoms with Crippen LogP contribution in [0.3, 0.4) is 0 Å². The van der Waals surface area contributed by atoms with Crippen LogP contribution in [0.5, 0.6) is 0 Å². The van der Waals surface area contributed by atoms with E-state index < -0.39 is 0 Å². The Kier molecular flexibility index (Phi) is 4.02. The van der Waals surface area contributed by atoms with Crippen molar-refractivity contribution in [1.82, 2.24) is 15.1 Å². The summed E-state index contributed by atoms with van der Waals surface area (Å²) in [5.41, 5.74) is 2.11. The van der Waals surface area contributed by atoms with Crippen LogP contribution in [-0.4, -0.2) is 15.7 Å². The first-order valence-corrected chi connectivity index (χ1v) is 7.62. The summed E-state index contributed by atoms with van der Waals surface area (Å²) in [6, 6.07) is 11.7. The zero-order valence-electron chi connectivity index (χ0n) is 11.9. The second-order valence-corrected chi connectivity index (χ2v) is 5.77. The maximum Gasteiger partial charge on any atom is 0.272 e. The molecule has 0 saturated carbocycles. The summed E-state index contributed by atoms with van der Waals surface area (Å²) in [7, 11) is 1.81. The molecule has 0 fully saturated rings. The van der Waals surface area contributed by atoms with Crippen LogP contribution in [-0.2, 0) is 13.6 Å². The maximum atomic E-state index is 12.8. The highest BCUT2D eigenvalue weighted by molar-refractivity contribution is 7.13. The number of halogens is 1. The van der Waals surface area contributed by atoms with Crippen molar-refractivity contribution in [2.45, 2.75) is 6.54 Å². The number of carbonyl (C=O) groups excluding carboxylic acids is 1. The first-order valence-electron chi connectivity index (χ1n) is 6.74. The van der Waals surface area contributed by atoms with Crippen molar-refractivity contribution in [2.75, 3.05) is 0 Å². The van der Waals surface area contributed by atoms with Gasteiger partial charge in [0, 0.05) is 13.6 Å². The standard InChI is InChI=1S/C16H14FN3OS/c1-20-14(15-3-2-8-22-15)9-13(19-20)16(21)18-10-11-4-6-12(17)7-5-11/h2-9H,10H2,1H3,(H,18,21). The van der Waals surface area contributed by atoms with Crippen LogP contribution in [0, 0.1) is 5.82 Å². The molecule has 2 heterocycles. The molecule has 0 aliphatic rings. The third-order valence-corrected chi connectivity index (χ3v) is 4.14. The Balaban J connectivity index is 1.70. The number of aromatic nitrogens is 2. The van der Waals surface area contributed by atoms with Crippen LogP contribution in [0.25, 0.3) is 10.6 Å². The van der Waals surface area contributed by atoms with E-state index in [4.69, 9.17) is 0 Å². The average molecular weight is 315 g/mol. The summed E-state index contributed by atoms with van der Waals surface area (Å²) < 4.78 is 14.5. The van der Waals surface area contributed by atoms with Gasteiger partial charge in [0.15, 0.2) is 5.69 Å². The van der Waals surface area contributed by atoms with Crippen molar-refractivity contribution in [3.63, 3.8) is 0 Å². The Bertz CT molecular complexity index is 778. The summed E-state index contributed by atoms with van der Waals surface area (Å²) in [6.07, 6.45) is 0. The molecule has 22 heavy (non-hydrogen) atoms. The number of carbonyl (C=O) groups is 1. The highest BCUT2D eigenvalue weighted by Crippen LogP contribution is 2.24. The van der Waals surface area contributed by atoms with Gasteiger partial charge in [-0.05, 0) is 35.2 Å². The van der Waals surface area contributed by atoms with E-state index in [1.54, 1.807) is 34.2 Å². The third kappa shape index (κ3) is 3.07. The van der Waals surface area contributed by atoms with E-state index in [0.29, 0.717) is 12.2 Å². The van der Waals surface area contributed by atoms with E-state index in [-0.39, 0.29) is 11.7 Å². The molecule has 4 nitrogen and oxygen atoms in total. The maximum absolute atomic E-state index is 12.8. The molecule has 0 aliphatic carbocycles. The minimum absolute atomic E-state index is 0.247. The lowest BCUT2D eigenvalue weighted by Crippen LogP contribution is -2.23. The Labute approximate surface area is 131 Å². The van der Waals surface area contributed by atoms with Crippen LogP contribution >= 0.6 is 11.3 Å². The minimum atomic E-state index is -0.291. The van der Waals surface area contributed by atoms with Gasteiger partial charge in [0.05, 0.1) is 10.6 Å². The van der Waals surface area contributed by atoms with Crippen LogP contribution in [0.1, 0.15) is 16.1 Å². The monoisotopic (exact) mass is 315 g/mol. The lowest BCUT2D eigenvalue weighted by molar-refractivity contribution is 0.0945. The topological polar surface area (TPSA) is 46.9 Å². The molecule has 112 valence electrons. The first kappa shape index (κ1) is 14.5. The van der Waals surface area contributed by atoms with Crippen LogP contribution in [0.15, 0.2) is 47.8 Å². The van der Waals surface area contributed by atoms with Crippen molar-refractivity contribution in [3.8, 4) is 10.6 Å². The molecule has 1 N–H and O–H groups in total. The molecule has 0 unspecified atom stereocenters. The van der Waals surface area contributed by atoms with Crippen molar-refractivity contribution >= 4 is 17.2 Å². The molecule has 0 atom stereocenters. The van der Waals surface area contributed by atoms with Gasteiger partial charge in [0.1, 0.15) is 5.82 Å². The molecule has 3 aromatic rings. The summed E-state index contributed by atoms with van der Waals surface area (Å²) >= 11 is 1.60. The molecule has 0 bridgehead atoms. The van der Waals surface area contributed by atoms with Gasteiger partial charge >= 0.3 is 0 Å². The Morgan fingerprint density at radius 3 is 2.77 bits per heavy atom. The average Bonchev–Trinajstić information content (AvgIpc) is 3.15. The minimum Gasteiger partial charge on any atom is -0.347 e. The summed E-state index contributed by atoms with van der Waals surface area (Å²) in [4.78, 5) is 13.2. The number of nitrogens with zero attached hydrogens (tertiary/aromatic N) is 2. The van der Waals surface area contributed by atoms with E-state index in [2.05, 4.69) is 10.4 Å². The second-order valence-electron chi connectivity index (χ2n) is 4.82. The number of hydrogen-bond donors (Lipinski definition) is 1. The predicted octanol–water partition coefficient (Wildman–Crippen LogP) is 3.22. The van der Waals surface area contributed by atoms with E-state index in [0.717, 1.165) is 16.1 Å². The molecule has 0 saturated heterocycles. The SMILES string of the molecule is Cn1nc(C(=O)NCc2ccc(F)cc2)cc1-c1cccs1. The van der Waals surface area contributed by atoms with E-state index >= 15 is 0 Å². The zero-order chi connectivity index (χ0) is 15.5. The van der Waals surface area contributed by atoms with Crippen molar-refractivity contribution in [2.24, 2.45) is 7.05 Å². The summed E-state index contributed by atoms with van der Waals surface area (Å²) in [5.74, 6) is -0.539. The second kappa shape index (κ2) is 6.11. The molecule has 1 amide bonds. The number of hydrogen-bond acceptors (Lipinski definition) is 3. The number of amides is 1. The quantitative estimate of drug-likeness (QED) is 0.803. The molecule has 1 aromatic carbocycles. The van der Waals surface area contributed by atoms with Crippen LogP contribution < -0.4 is 5.32 Å². The summed E-state index contributed by atoms with van der Waals surface area (Å²) in [6.45, 7) is 0.337. The number of aryl methyl sites for hydroxylation is 1. The predicted molar refractivity (Wildman–Crippen MR) is 84.1 cm³/mol. The van der Waals surface area contributed by atoms with Gasteiger partial charge in [-0.25, -0.2) is 4.39 Å². The Morgan fingerprint density at radius 2 is 2.09 bits per heavy atom. The van der Waals surface area contributed by atoms with E-state index in [1.165, 1.54) is 12.1 Å². The van der Waals surface area contributed by atoms with Gasteiger partial charge in [-0.15, -0.1) is 11.3 Å². The van der Waals surface area contributed by atoms with Gasteiger partial charge in [-0.1, -0.05) is 18.2 Å². The number of thiophene rings is 1.